The summed E-state index contributed by atoms with van der Waals surface area (Å²) in [5, 5.41) is 45.5. The molecule has 0 saturated carbocycles. The van der Waals surface area contributed by atoms with Crippen molar-refractivity contribution in [3.63, 3.8) is 0 Å². The van der Waals surface area contributed by atoms with E-state index in [1.165, 1.54) is 24.3 Å². The van der Waals surface area contributed by atoms with Gasteiger partial charge < -0.3 is 35.8 Å². The summed E-state index contributed by atoms with van der Waals surface area (Å²) in [7, 11) is 0. The standard InChI is InChI=1S/C22H26N2O7/c1-22(2,9-16(21(29)30)12-3-5-13(25)6-4-12)23-10-18(27)15-7-14(26)8-17-20(15)31-11-19(28)24-17/h3-8,16,18,23,25-27H,9-11H2,1-2H3,(H,24,28)(H,29,30). The average molecular weight is 430 g/mol. The number of carbonyl (C=O) groups excluding carboxylic acids is 1. The Morgan fingerprint density at radius 1 is 1.19 bits per heavy atom. The normalized spacial score (nSPS) is 15.4. The second kappa shape index (κ2) is 8.83. The number of aliphatic carboxylic acids is 1. The van der Waals surface area contributed by atoms with Crippen LogP contribution in [0.3, 0.4) is 0 Å². The van der Waals surface area contributed by atoms with Crippen molar-refractivity contribution in [1.82, 2.24) is 5.32 Å². The first kappa shape index (κ1) is 22.4. The van der Waals surface area contributed by atoms with Crippen LogP contribution in [-0.2, 0) is 9.59 Å². The van der Waals surface area contributed by atoms with E-state index in [-0.39, 0.29) is 48.4 Å². The second-order valence-electron chi connectivity index (χ2n) is 8.22. The molecule has 1 heterocycles. The fraction of sp³-hybridized carbons (Fsp3) is 0.364. The zero-order valence-corrected chi connectivity index (χ0v) is 17.3. The van der Waals surface area contributed by atoms with Crippen LogP contribution in [0.25, 0.3) is 0 Å². The van der Waals surface area contributed by atoms with Crippen LogP contribution in [0.4, 0.5) is 5.69 Å². The van der Waals surface area contributed by atoms with E-state index in [0.717, 1.165) is 0 Å². The lowest BCUT2D eigenvalue weighted by molar-refractivity contribution is -0.139. The summed E-state index contributed by atoms with van der Waals surface area (Å²) in [5.41, 5.74) is 0.481. The Morgan fingerprint density at radius 2 is 1.87 bits per heavy atom. The molecule has 166 valence electrons. The van der Waals surface area contributed by atoms with Gasteiger partial charge in [0.2, 0.25) is 0 Å². The van der Waals surface area contributed by atoms with Gasteiger partial charge in [-0.2, -0.15) is 0 Å². The van der Waals surface area contributed by atoms with Gasteiger partial charge in [0.25, 0.3) is 5.91 Å². The van der Waals surface area contributed by atoms with Gasteiger partial charge in [-0.25, -0.2) is 0 Å². The number of carbonyl (C=O) groups is 2. The van der Waals surface area contributed by atoms with E-state index in [1.54, 1.807) is 12.1 Å². The highest BCUT2D eigenvalue weighted by atomic mass is 16.5. The Labute approximate surface area is 179 Å². The average Bonchev–Trinajstić information content (AvgIpc) is 2.70. The highest BCUT2D eigenvalue weighted by Gasteiger charge is 2.30. The summed E-state index contributed by atoms with van der Waals surface area (Å²) >= 11 is 0. The molecule has 2 unspecified atom stereocenters. The third-order valence-corrected chi connectivity index (χ3v) is 5.17. The number of hydrogen-bond acceptors (Lipinski definition) is 7. The maximum Gasteiger partial charge on any atom is 0.311 e. The number of phenols is 2. The van der Waals surface area contributed by atoms with Crippen LogP contribution in [0.2, 0.25) is 0 Å². The van der Waals surface area contributed by atoms with Crippen LogP contribution in [0.15, 0.2) is 36.4 Å². The number of β-amino-alcohol motifs (C(OH)–C–C–N with tert-alkyl or cyclic N) is 1. The number of aliphatic hydroxyl groups excluding tert-OH is 1. The van der Waals surface area contributed by atoms with Crippen molar-refractivity contribution < 1.29 is 34.8 Å². The number of benzene rings is 2. The molecular weight excluding hydrogens is 404 g/mol. The molecule has 2 aromatic carbocycles. The highest BCUT2D eigenvalue weighted by molar-refractivity contribution is 5.96. The van der Waals surface area contributed by atoms with Gasteiger partial charge in [0.1, 0.15) is 17.2 Å². The molecule has 6 N–H and O–H groups in total. The highest BCUT2D eigenvalue weighted by Crippen LogP contribution is 2.39. The molecule has 0 fully saturated rings. The summed E-state index contributed by atoms with van der Waals surface area (Å²) in [5.74, 6) is -1.94. The minimum absolute atomic E-state index is 0.0567. The summed E-state index contributed by atoms with van der Waals surface area (Å²) in [6.45, 7) is 3.51. The van der Waals surface area contributed by atoms with Crippen molar-refractivity contribution in [1.29, 1.82) is 0 Å². The largest absolute Gasteiger partial charge is 0.508 e. The molecule has 2 atom stereocenters. The van der Waals surface area contributed by atoms with Crippen molar-refractivity contribution in [2.75, 3.05) is 18.5 Å². The molecule has 31 heavy (non-hydrogen) atoms. The van der Waals surface area contributed by atoms with E-state index in [4.69, 9.17) is 4.74 Å². The minimum Gasteiger partial charge on any atom is -0.508 e. The number of rotatable bonds is 8. The van der Waals surface area contributed by atoms with Crippen molar-refractivity contribution in [3.8, 4) is 17.2 Å². The minimum atomic E-state index is -1.08. The molecule has 1 aliphatic rings. The Morgan fingerprint density at radius 3 is 2.52 bits per heavy atom. The third-order valence-electron chi connectivity index (χ3n) is 5.17. The number of aliphatic hydroxyl groups is 1. The number of anilines is 1. The zero-order chi connectivity index (χ0) is 22.8. The Balaban J connectivity index is 1.71. The van der Waals surface area contributed by atoms with Gasteiger partial charge in [-0.3, -0.25) is 9.59 Å². The number of aromatic hydroxyl groups is 2. The van der Waals surface area contributed by atoms with Crippen LogP contribution in [0.5, 0.6) is 17.2 Å². The number of nitrogens with one attached hydrogen (secondary N) is 2. The molecule has 1 amide bonds. The van der Waals surface area contributed by atoms with E-state index < -0.39 is 23.5 Å². The summed E-state index contributed by atoms with van der Waals surface area (Å²) in [6.07, 6.45) is -0.850. The van der Waals surface area contributed by atoms with Crippen LogP contribution in [-0.4, -0.2) is 51.0 Å². The van der Waals surface area contributed by atoms with Crippen molar-refractivity contribution >= 4 is 17.6 Å². The Bertz CT molecular complexity index is 973. The van der Waals surface area contributed by atoms with Crippen molar-refractivity contribution in [3.05, 3.63) is 47.5 Å². The van der Waals surface area contributed by atoms with E-state index in [1.807, 2.05) is 13.8 Å². The van der Waals surface area contributed by atoms with Gasteiger partial charge in [-0.1, -0.05) is 12.1 Å². The molecule has 0 spiro atoms. The molecule has 0 bridgehead atoms. The Hall–Kier alpha value is -3.30. The van der Waals surface area contributed by atoms with Crippen LogP contribution < -0.4 is 15.4 Å². The summed E-state index contributed by atoms with van der Waals surface area (Å²) in [4.78, 5) is 23.3. The van der Waals surface area contributed by atoms with Crippen LogP contribution in [0.1, 0.15) is 43.4 Å². The molecule has 3 rings (SSSR count). The van der Waals surface area contributed by atoms with Gasteiger partial charge in [-0.15, -0.1) is 0 Å². The van der Waals surface area contributed by atoms with Gasteiger partial charge in [-0.05, 0) is 44.0 Å². The number of hydrogen-bond donors (Lipinski definition) is 6. The molecule has 9 nitrogen and oxygen atoms in total. The van der Waals surface area contributed by atoms with E-state index in [0.29, 0.717) is 11.1 Å². The first-order chi connectivity index (χ1) is 14.6. The SMILES string of the molecule is CC(C)(CC(C(=O)O)c1ccc(O)cc1)NCC(O)c1cc(O)cc2c1OCC(=O)N2. The quantitative estimate of drug-likeness (QED) is 0.373. The topological polar surface area (TPSA) is 148 Å². The van der Waals surface area contributed by atoms with Crippen molar-refractivity contribution in [2.24, 2.45) is 0 Å². The molecule has 1 aliphatic heterocycles. The molecule has 9 heteroatoms. The summed E-state index contributed by atoms with van der Waals surface area (Å²) < 4.78 is 5.43. The predicted molar refractivity (Wildman–Crippen MR) is 112 cm³/mol. The van der Waals surface area contributed by atoms with Gasteiger partial charge in [0.05, 0.1) is 17.7 Å². The first-order valence-electron chi connectivity index (χ1n) is 9.80. The number of carboxylic acid groups (broad SMARTS) is 1. The van der Waals surface area contributed by atoms with Crippen molar-refractivity contribution in [2.45, 2.75) is 37.8 Å². The summed E-state index contributed by atoms with van der Waals surface area (Å²) in [6, 6.07) is 8.74. The number of fused-ring (bicyclic) bond motifs is 1. The zero-order valence-electron chi connectivity index (χ0n) is 17.3. The maximum atomic E-state index is 11.8. The lowest BCUT2D eigenvalue weighted by Gasteiger charge is -2.31. The molecule has 0 aliphatic carbocycles. The van der Waals surface area contributed by atoms with Gasteiger partial charge in [0.15, 0.2) is 6.61 Å². The number of carboxylic acids is 1. The fourth-order valence-corrected chi connectivity index (χ4v) is 3.58. The fourth-order valence-electron chi connectivity index (χ4n) is 3.58. The first-order valence-corrected chi connectivity index (χ1v) is 9.80. The lowest BCUT2D eigenvalue weighted by atomic mass is 9.85. The van der Waals surface area contributed by atoms with Gasteiger partial charge in [0, 0.05) is 23.7 Å². The van der Waals surface area contributed by atoms with E-state index >= 15 is 0 Å². The molecular formula is C22H26N2O7. The number of ether oxygens (including phenoxy) is 1. The van der Waals surface area contributed by atoms with E-state index in [9.17, 15) is 30.0 Å². The molecule has 0 radical (unpaired) electrons. The molecule has 0 aromatic heterocycles. The number of amides is 1. The third kappa shape index (κ3) is 5.44. The van der Waals surface area contributed by atoms with Gasteiger partial charge >= 0.3 is 5.97 Å². The number of phenolic OH excluding ortho intramolecular Hbond substituents is 2. The van der Waals surface area contributed by atoms with Crippen LogP contribution >= 0.6 is 0 Å². The smallest absolute Gasteiger partial charge is 0.311 e. The molecule has 0 saturated heterocycles. The monoisotopic (exact) mass is 430 g/mol. The van der Waals surface area contributed by atoms with Crippen LogP contribution in [0, 0.1) is 0 Å². The second-order valence-corrected chi connectivity index (χ2v) is 8.22. The molecule has 2 aromatic rings. The Kier molecular flexibility index (Phi) is 6.37. The predicted octanol–water partition coefficient (Wildman–Crippen LogP) is 2.09. The van der Waals surface area contributed by atoms with E-state index in [2.05, 4.69) is 10.6 Å². The lowest BCUT2D eigenvalue weighted by Crippen LogP contribution is -2.43. The maximum absolute atomic E-state index is 11.8.